The smallest absolute Gasteiger partial charge is 0.00939 e. The zero-order valence-electron chi connectivity index (χ0n) is 8.56. The highest BCUT2D eigenvalue weighted by Crippen LogP contribution is 2.04. The molecule has 2 aromatic carbocycles. The van der Waals surface area contributed by atoms with E-state index in [2.05, 4.69) is 48.6 Å². The van der Waals surface area contributed by atoms with E-state index in [9.17, 15) is 0 Å². The van der Waals surface area contributed by atoms with Gasteiger partial charge in [-0.15, -0.1) is 0 Å². The third-order valence-corrected chi connectivity index (χ3v) is 2.23. The van der Waals surface area contributed by atoms with Gasteiger partial charge < -0.3 is 0 Å². The summed E-state index contributed by atoms with van der Waals surface area (Å²) in [5, 5.41) is 0. The van der Waals surface area contributed by atoms with Crippen molar-refractivity contribution >= 4 is 6.08 Å². The van der Waals surface area contributed by atoms with Gasteiger partial charge >= 0.3 is 0 Å². The van der Waals surface area contributed by atoms with E-state index in [1.165, 1.54) is 11.1 Å². The highest BCUT2D eigenvalue weighted by atomic mass is 13.9. The lowest BCUT2D eigenvalue weighted by Crippen LogP contribution is -1.78. The lowest BCUT2D eigenvalue weighted by molar-refractivity contribution is 1.28. The summed E-state index contributed by atoms with van der Waals surface area (Å²) in [6.45, 7) is 0. The Morgan fingerprint density at radius 2 is 1.87 bits per heavy atom. The number of rotatable bonds is 3. The topological polar surface area (TPSA) is 0 Å². The van der Waals surface area contributed by atoms with Gasteiger partial charge in [0.2, 0.25) is 0 Å². The van der Waals surface area contributed by atoms with Gasteiger partial charge in [0.1, 0.15) is 0 Å². The van der Waals surface area contributed by atoms with E-state index in [1.54, 1.807) is 0 Å². The molecule has 0 aromatic heterocycles. The van der Waals surface area contributed by atoms with Crippen molar-refractivity contribution in [2.75, 3.05) is 0 Å². The van der Waals surface area contributed by atoms with Crippen LogP contribution in [0.4, 0.5) is 0 Å². The molecular weight excluding hydrogens is 180 g/mol. The predicted molar refractivity (Wildman–Crippen MR) is 64.5 cm³/mol. The van der Waals surface area contributed by atoms with Gasteiger partial charge in [-0.25, -0.2) is 0 Å². The Bertz CT molecular complexity index is 412. The first-order chi connectivity index (χ1) is 7.45. The van der Waals surface area contributed by atoms with Crippen LogP contribution in [0.5, 0.6) is 0 Å². The Balaban J connectivity index is 1.97. The molecule has 0 atom stereocenters. The summed E-state index contributed by atoms with van der Waals surface area (Å²) in [5.41, 5.74) is 2.54. The van der Waals surface area contributed by atoms with Gasteiger partial charge in [-0.3, -0.25) is 0 Å². The lowest BCUT2D eigenvalue weighted by Gasteiger charge is -1.94. The van der Waals surface area contributed by atoms with Crippen molar-refractivity contribution in [3.8, 4) is 0 Å². The molecular formula is C15H13. The van der Waals surface area contributed by atoms with Crippen LogP contribution in [0.15, 0.2) is 60.7 Å². The number of hydrogen-bond acceptors (Lipinski definition) is 0. The third kappa shape index (κ3) is 3.10. The van der Waals surface area contributed by atoms with Crippen molar-refractivity contribution in [2.45, 2.75) is 6.42 Å². The van der Waals surface area contributed by atoms with Crippen LogP contribution in [-0.2, 0) is 6.42 Å². The first kappa shape index (κ1) is 9.72. The Morgan fingerprint density at radius 1 is 1.00 bits per heavy atom. The minimum atomic E-state index is 0.965. The second kappa shape index (κ2) is 5.16. The molecule has 2 rings (SSSR count). The van der Waals surface area contributed by atoms with Crippen LogP contribution in [0.1, 0.15) is 11.1 Å². The van der Waals surface area contributed by atoms with Crippen molar-refractivity contribution in [3.05, 3.63) is 77.9 Å². The highest BCUT2D eigenvalue weighted by Gasteiger charge is 1.86. The molecule has 0 aliphatic rings. The number of benzene rings is 2. The average molecular weight is 193 g/mol. The van der Waals surface area contributed by atoms with Crippen LogP contribution in [0, 0.1) is 6.07 Å². The molecule has 0 nitrogen and oxygen atoms in total. The summed E-state index contributed by atoms with van der Waals surface area (Å²) in [4.78, 5) is 0. The van der Waals surface area contributed by atoms with Gasteiger partial charge in [-0.2, -0.15) is 0 Å². The SMILES string of the molecule is [c]1cccc(CC=Cc2ccccc2)c1. The second-order valence-electron chi connectivity index (χ2n) is 3.43. The second-order valence-corrected chi connectivity index (χ2v) is 3.43. The van der Waals surface area contributed by atoms with Gasteiger partial charge in [0.15, 0.2) is 0 Å². The average Bonchev–Trinajstić information content (AvgIpc) is 2.32. The Hall–Kier alpha value is -1.82. The quantitative estimate of drug-likeness (QED) is 0.696. The highest BCUT2D eigenvalue weighted by molar-refractivity contribution is 5.49. The van der Waals surface area contributed by atoms with E-state index < -0.39 is 0 Å². The van der Waals surface area contributed by atoms with Crippen LogP contribution >= 0.6 is 0 Å². The predicted octanol–water partition coefficient (Wildman–Crippen LogP) is 3.74. The number of hydrogen-bond donors (Lipinski definition) is 0. The molecule has 0 aliphatic carbocycles. The largest absolute Gasteiger partial charge is 0.0795 e. The third-order valence-electron chi connectivity index (χ3n) is 2.23. The molecule has 2 aromatic rings. The fourth-order valence-corrected chi connectivity index (χ4v) is 1.45. The van der Waals surface area contributed by atoms with Crippen molar-refractivity contribution in [3.63, 3.8) is 0 Å². The zero-order chi connectivity index (χ0) is 10.3. The standard InChI is InChI=1S/C15H13/c1-3-8-14(9-4-1)12-7-13-15-10-5-2-6-11-15/h1-5,7-12H,13H2. The van der Waals surface area contributed by atoms with E-state index >= 15 is 0 Å². The van der Waals surface area contributed by atoms with E-state index in [1.807, 2.05) is 24.3 Å². The summed E-state index contributed by atoms with van der Waals surface area (Å²) in [7, 11) is 0. The summed E-state index contributed by atoms with van der Waals surface area (Å²) in [6, 6.07) is 21.5. The van der Waals surface area contributed by atoms with Crippen LogP contribution in [0.2, 0.25) is 0 Å². The first-order valence-electron chi connectivity index (χ1n) is 5.12. The van der Waals surface area contributed by atoms with Crippen molar-refractivity contribution < 1.29 is 0 Å². The molecule has 0 bridgehead atoms. The maximum atomic E-state index is 3.08. The molecule has 0 heteroatoms. The fourth-order valence-electron chi connectivity index (χ4n) is 1.45. The maximum Gasteiger partial charge on any atom is -0.00939 e. The first-order valence-corrected chi connectivity index (χ1v) is 5.12. The monoisotopic (exact) mass is 193 g/mol. The minimum Gasteiger partial charge on any atom is -0.0795 e. The van der Waals surface area contributed by atoms with Crippen molar-refractivity contribution in [1.82, 2.24) is 0 Å². The molecule has 15 heavy (non-hydrogen) atoms. The van der Waals surface area contributed by atoms with Crippen LogP contribution in [0.25, 0.3) is 6.08 Å². The molecule has 0 unspecified atom stereocenters. The molecule has 0 saturated heterocycles. The van der Waals surface area contributed by atoms with Gasteiger partial charge in [-0.1, -0.05) is 66.7 Å². The van der Waals surface area contributed by atoms with Crippen LogP contribution in [0.3, 0.4) is 0 Å². The summed E-state index contributed by atoms with van der Waals surface area (Å²) in [6.07, 6.45) is 5.29. The van der Waals surface area contributed by atoms with Crippen LogP contribution in [-0.4, -0.2) is 0 Å². The van der Waals surface area contributed by atoms with E-state index in [0.29, 0.717) is 0 Å². The van der Waals surface area contributed by atoms with Crippen molar-refractivity contribution in [1.29, 1.82) is 0 Å². The molecule has 0 saturated carbocycles. The zero-order valence-corrected chi connectivity index (χ0v) is 8.56. The molecule has 0 aliphatic heterocycles. The van der Waals surface area contributed by atoms with Gasteiger partial charge in [-0.05, 0) is 23.6 Å². The Labute approximate surface area is 90.9 Å². The summed E-state index contributed by atoms with van der Waals surface area (Å²) >= 11 is 0. The van der Waals surface area contributed by atoms with Gasteiger partial charge in [0, 0.05) is 0 Å². The van der Waals surface area contributed by atoms with Gasteiger partial charge in [0.25, 0.3) is 0 Å². The van der Waals surface area contributed by atoms with Crippen molar-refractivity contribution in [2.24, 2.45) is 0 Å². The maximum absolute atomic E-state index is 3.08. The summed E-state index contributed by atoms with van der Waals surface area (Å²) in [5.74, 6) is 0. The fraction of sp³-hybridized carbons (Fsp3) is 0.0667. The summed E-state index contributed by atoms with van der Waals surface area (Å²) < 4.78 is 0. The Kier molecular flexibility index (Phi) is 3.34. The normalized spacial score (nSPS) is 10.7. The molecule has 0 N–H and O–H groups in total. The van der Waals surface area contributed by atoms with Crippen LogP contribution < -0.4 is 0 Å². The minimum absolute atomic E-state index is 0.965. The van der Waals surface area contributed by atoms with E-state index in [4.69, 9.17) is 0 Å². The van der Waals surface area contributed by atoms with E-state index in [0.717, 1.165) is 6.42 Å². The Morgan fingerprint density at radius 3 is 2.60 bits per heavy atom. The lowest BCUT2D eigenvalue weighted by atomic mass is 10.1. The molecule has 0 spiro atoms. The molecule has 0 fully saturated rings. The van der Waals surface area contributed by atoms with E-state index in [-0.39, 0.29) is 0 Å². The molecule has 0 amide bonds. The molecule has 1 radical (unpaired) electrons. The molecule has 73 valence electrons. The molecule has 0 heterocycles. The van der Waals surface area contributed by atoms with Gasteiger partial charge in [0.05, 0.1) is 0 Å². The number of allylic oxidation sites excluding steroid dienone is 1.